The molecule has 1 spiro atoms. The normalized spacial score (nSPS) is 34.8. The average Bonchev–Trinajstić information content (AvgIpc) is 2.78. The van der Waals surface area contributed by atoms with Crippen LogP contribution in [0, 0.1) is 0 Å². The number of hydrogen-bond acceptors (Lipinski definition) is 2. The maximum atomic E-state index is 3.91. The third-order valence-electron chi connectivity index (χ3n) is 5.72. The molecular weight excluding hydrogens is 220 g/mol. The first-order chi connectivity index (χ1) is 8.79. The highest BCUT2D eigenvalue weighted by Gasteiger charge is 2.40. The standard InChI is InChI=1S/C16H30N2/c1-14-9-12-17-16(10-5-6-11-16)13-18(14)15-7-3-2-4-8-15/h14-15,17H,2-13H2,1H3. The number of rotatable bonds is 1. The zero-order valence-corrected chi connectivity index (χ0v) is 12.1. The van der Waals surface area contributed by atoms with E-state index in [9.17, 15) is 0 Å². The maximum Gasteiger partial charge on any atom is 0.0309 e. The van der Waals surface area contributed by atoms with E-state index in [0.717, 1.165) is 12.1 Å². The van der Waals surface area contributed by atoms with E-state index in [1.807, 2.05) is 0 Å². The molecule has 0 aromatic carbocycles. The van der Waals surface area contributed by atoms with Crippen LogP contribution in [0.2, 0.25) is 0 Å². The van der Waals surface area contributed by atoms with Gasteiger partial charge in [-0.3, -0.25) is 4.90 Å². The predicted octanol–water partition coefficient (Wildman–Crippen LogP) is 3.32. The van der Waals surface area contributed by atoms with Gasteiger partial charge < -0.3 is 5.32 Å². The van der Waals surface area contributed by atoms with Crippen molar-refractivity contribution in [3.63, 3.8) is 0 Å². The molecule has 1 unspecified atom stereocenters. The van der Waals surface area contributed by atoms with Crippen molar-refractivity contribution >= 4 is 0 Å². The van der Waals surface area contributed by atoms with Gasteiger partial charge in [-0.2, -0.15) is 0 Å². The fourth-order valence-electron chi connectivity index (χ4n) is 4.56. The Morgan fingerprint density at radius 3 is 2.39 bits per heavy atom. The lowest BCUT2D eigenvalue weighted by molar-refractivity contribution is 0.0897. The summed E-state index contributed by atoms with van der Waals surface area (Å²) in [6, 6.07) is 1.69. The van der Waals surface area contributed by atoms with Crippen LogP contribution in [0.15, 0.2) is 0 Å². The van der Waals surface area contributed by atoms with Crippen LogP contribution in [0.1, 0.15) is 71.1 Å². The summed E-state index contributed by atoms with van der Waals surface area (Å²) in [5.74, 6) is 0. The van der Waals surface area contributed by atoms with Crippen molar-refractivity contribution in [1.29, 1.82) is 0 Å². The van der Waals surface area contributed by atoms with Gasteiger partial charge in [0.2, 0.25) is 0 Å². The van der Waals surface area contributed by atoms with Crippen LogP contribution in [-0.4, -0.2) is 35.6 Å². The second-order valence-electron chi connectivity index (χ2n) is 7.02. The topological polar surface area (TPSA) is 15.3 Å². The van der Waals surface area contributed by atoms with Gasteiger partial charge in [0.05, 0.1) is 0 Å². The molecule has 18 heavy (non-hydrogen) atoms. The molecule has 0 amide bonds. The van der Waals surface area contributed by atoms with Gasteiger partial charge in [-0.15, -0.1) is 0 Å². The van der Waals surface area contributed by atoms with Crippen molar-refractivity contribution in [2.24, 2.45) is 0 Å². The van der Waals surface area contributed by atoms with Gasteiger partial charge in [0.15, 0.2) is 0 Å². The van der Waals surface area contributed by atoms with E-state index in [2.05, 4.69) is 17.1 Å². The van der Waals surface area contributed by atoms with E-state index in [1.165, 1.54) is 77.3 Å². The smallest absolute Gasteiger partial charge is 0.0309 e. The quantitative estimate of drug-likeness (QED) is 0.768. The Hall–Kier alpha value is -0.0800. The minimum absolute atomic E-state index is 0.488. The van der Waals surface area contributed by atoms with E-state index in [1.54, 1.807) is 0 Å². The van der Waals surface area contributed by atoms with Crippen molar-refractivity contribution in [2.75, 3.05) is 13.1 Å². The molecule has 0 aromatic heterocycles. The van der Waals surface area contributed by atoms with Gasteiger partial charge in [0.1, 0.15) is 0 Å². The van der Waals surface area contributed by atoms with Gasteiger partial charge >= 0.3 is 0 Å². The molecule has 2 aliphatic carbocycles. The SMILES string of the molecule is CC1CCNC2(CCCC2)CN1C1CCCCC1. The summed E-state index contributed by atoms with van der Waals surface area (Å²) in [5, 5.41) is 3.91. The van der Waals surface area contributed by atoms with Gasteiger partial charge in [-0.05, 0) is 45.6 Å². The minimum Gasteiger partial charge on any atom is -0.310 e. The Bertz CT molecular complexity index is 264. The largest absolute Gasteiger partial charge is 0.310 e. The van der Waals surface area contributed by atoms with Crippen molar-refractivity contribution in [1.82, 2.24) is 10.2 Å². The summed E-state index contributed by atoms with van der Waals surface area (Å²) < 4.78 is 0. The molecule has 1 heterocycles. The second kappa shape index (κ2) is 5.50. The van der Waals surface area contributed by atoms with Crippen LogP contribution in [0.5, 0.6) is 0 Å². The van der Waals surface area contributed by atoms with Crippen LogP contribution in [0.25, 0.3) is 0 Å². The molecule has 3 aliphatic rings. The third-order valence-corrected chi connectivity index (χ3v) is 5.72. The van der Waals surface area contributed by atoms with E-state index in [0.29, 0.717) is 5.54 Å². The first kappa shape index (κ1) is 12.9. The predicted molar refractivity (Wildman–Crippen MR) is 76.9 cm³/mol. The number of nitrogens with one attached hydrogen (secondary N) is 1. The Labute approximate surface area is 113 Å². The zero-order valence-electron chi connectivity index (χ0n) is 12.1. The van der Waals surface area contributed by atoms with Crippen LogP contribution in [-0.2, 0) is 0 Å². The summed E-state index contributed by atoms with van der Waals surface area (Å²) >= 11 is 0. The van der Waals surface area contributed by atoms with Crippen molar-refractivity contribution in [3.05, 3.63) is 0 Å². The zero-order chi connectivity index (χ0) is 12.4. The van der Waals surface area contributed by atoms with Crippen LogP contribution >= 0.6 is 0 Å². The van der Waals surface area contributed by atoms with E-state index < -0.39 is 0 Å². The fourth-order valence-corrected chi connectivity index (χ4v) is 4.56. The highest BCUT2D eigenvalue weighted by Crippen LogP contribution is 2.35. The molecule has 1 aliphatic heterocycles. The van der Waals surface area contributed by atoms with Gasteiger partial charge in [0, 0.05) is 24.2 Å². The van der Waals surface area contributed by atoms with Gasteiger partial charge in [0.25, 0.3) is 0 Å². The van der Waals surface area contributed by atoms with Gasteiger partial charge in [-0.1, -0.05) is 32.1 Å². The Morgan fingerprint density at radius 1 is 0.944 bits per heavy atom. The van der Waals surface area contributed by atoms with Crippen LogP contribution < -0.4 is 5.32 Å². The van der Waals surface area contributed by atoms with Crippen molar-refractivity contribution in [3.8, 4) is 0 Å². The van der Waals surface area contributed by atoms with Crippen molar-refractivity contribution < 1.29 is 0 Å². The molecule has 2 saturated carbocycles. The minimum atomic E-state index is 0.488. The number of nitrogens with zero attached hydrogens (tertiary/aromatic N) is 1. The fraction of sp³-hybridized carbons (Fsp3) is 1.00. The first-order valence-corrected chi connectivity index (χ1v) is 8.30. The summed E-state index contributed by atoms with van der Waals surface area (Å²) in [7, 11) is 0. The lowest BCUT2D eigenvalue weighted by atomic mass is 9.90. The van der Waals surface area contributed by atoms with Gasteiger partial charge in [-0.25, -0.2) is 0 Å². The molecule has 0 radical (unpaired) electrons. The summed E-state index contributed by atoms with van der Waals surface area (Å²) in [6.07, 6.45) is 14.4. The first-order valence-electron chi connectivity index (χ1n) is 8.30. The lowest BCUT2D eigenvalue weighted by Gasteiger charge is -2.41. The Morgan fingerprint density at radius 2 is 1.67 bits per heavy atom. The summed E-state index contributed by atoms with van der Waals surface area (Å²) in [4.78, 5) is 2.89. The molecule has 0 bridgehead atoms. The lowest BCUT2D eigenvalue weighted by Crippen LogP contribution is -2.53. The van der Waals surface area contributed by atoms with Crippen LogP contribution in [0.3, 0.4) is 0 Å². The molecule has 3 fully saturated rings. The third kappa shape index (κ3) is 2.60. The second-order valence-corrected chi connectivity index (χ2v) is 7.02. The highest BCUT2D eigenvalue weighted by molar-refractivity contribution is 4.99. The molecular formula is C16H30N2. The maximum absolute atomic E-state index is 3.91. The molecule has 1 atom stereocenters. The van der Waals surface area contributed by atoms with E-state index in [4.69, 9.17) is 0 Å². The molecule has 104 valence electrons. The van der Waals surface area contributed by atoms with E-state index >= 15 is 0 Å². The van der Waals surface area contributed by atoms with Crippen LogP contribution in [0.4, 0.5) is 0 Å². The van der Waals surface area contributed by atoms with E-state index in [-0.39, 0.29) is 0 Å². The highest BCUT2D eigenvalue weighted by atomic mass is 15.2. The molecule has 0 aromatic rings. The molecule has 3 rings (SSSR count). The molecule has 2 nitrogen and oxygen atoms in total. The molecule has 1 saturated heterocycles. The Balaban J connectivity index is 1.72. The monoisotopic (exact) mass is 250 g/mol. The summed E-state index contributed by atoms with van der Waals surface area (Å²) in [6.45, 7) is 5.04. The molecule has 1 N–H and O–H groups in total. The average molecular weight is 250 g/mol. The van der Waals surface area contributed by atoms with Crippen molar-refractivity contribution in [2.45, 2.75) is 88.8 Å². The summed E-state index contributed by atoms with van der Waals surface area (Å²) in [5.41, 5.74) is 0.488. The molecule has 2 heteroatoms. The Kier molecular flexibility index (Phi) is 3.95. The number of hydrogen-bond donors (Lipinski definition) is 1.